The number of hydrogen-bond acceptors (Lipinski definition) is 5. The molecule has 112 valence electrons. The fourth-order valence-electron chi connectivity index (χ4n) is 1.42. The van der Waals surface area contributed by atoms with Crippen LogP contribution < -0.4 is 5.32 Å². The molecule has 0 radical (unpaired) electrons. The van der Waals surface area contributed by atoms with Gasteiger partial charge in [-0.05, 0) is 11.6 Å². The molecule has 1 rings (SSSR count). The van der Waals surface area contributed by atoms with Crippen LogP contribution in [0.25, 0.3) is 0 Å². The van der Waals surface area contributed by atoms with Crippen molar-refractivity contribution in [2.75, 3.05) is 26.4 Å². The van der Waals surface area contributed by atoms with E-state index in [0.717, 1.165) is 4.31 Å². The van der Waals surface area contributed by atoms with Crippen molar-refractivity contribution in [3.05, 3.63) is 38.9 Å². The van der Waals surface area contributed by atoms with Gasteiger partial charge in [0.25, 0.3) is 5.69 Å². The minimum absolute atomic E-state index is 0.0490. The molecule has 7 nitrogen and oxygen atoms in total. The second-order valence-corrected chi connectivity index (χ2v) is 7.02. The van der Waals surface area contributed by atoms with Crippen molar-refractivity contribution in [2.45, 2.75) is 6.54 Å². The molecule has 0 aliphatic heterocycles. The number of halogens is 1. The number of hydrogen-bond donors (Lipinski definition) is 1. The lowest BCUT2D eigenvalue weighted by atomic mass is 10.2. The predicted molar refractivity (Wildman–Crippen MR) is 77.3 cm³/mol. The predicted octanol–water partition coefficient (Wildman–Crippen LogP) is 1.23. The highest BCUT2D eigenvalue weighted by molar-refractivity contribution is 7.89. The molecule has 1 aromatic carbocycles. The van der Waals surface area contributed by atoms with Gasteiger partial charge >= 0.3 is 0 Å². The molecule has 0 spiro atoms. The van der Waals surface area contributed by atoms with Crippen molar-refractivity contribution in [3.8, 4) is 0 Å². The molecule has 0 atom stereocenters. The Bertz CT molecular complexity index is 589. The molecular formula is C11H16ClN3O4S. The summed E-state index contributed by atoms with van der Waals surface area (Å²) in [5.74, 6) is -0.0491. The Morgan fingerprint density at radius 2 is 2.05 bits per heavy atom. The van der Waals surface area contributed by atoms with Gasteiger partial charge < -0.3 is 5.32 Å². The lowest BCUT2D eigenvalue weighted by Gasteiger charge is -2.11. The summed E-state index contributed by atoms with van der Waals surface area (Å²) in [7, 11) is -0.325. The van der Waals surface area contributed by atoms with Crippen LogP contribution >= 0.6 is 11.6 Å². The third-order valence-corrected chi connectivity index (χ3v) is 4.85. The lowest BCUT2D eigenvalue weighted by molar-refractivity contribution is -0.384. The minimum atomic E-state index is -3.25. The van der Waals surface area contributed by atoms with Crippen molar-refractivity contribution >= 4 is 27.3 Å². The molecular weight excluding hydrogens is 306 g/mol. The normalized spacial score (nSPS) is 11.8. The van der Waals surface area contributed by atoms with Crippen molar-refractivity contribution in [1.82, 2.24) is 9.62 Å². The fourth-order valence-corrected chi connectivity index (χ4v) is 2.37. The molecule has 1 N–H and O–H groups in total. The quantitative estimate of drug-likeness (QED) is 0.463. The maximum atomic E-state index is 11.5. The van der Waals surface area contributed by atoms with Crippen molar-refractivity contribution in [1.29, 1.82) is 0 Å². The summed E-state index contributed by atoms with van der Waals surface area (Å²) in [6, 6.07) is 4.14. The number of non-ortho nitro benzene ring substituents is 1. The zero-order valence-corrected chi connectivity index (χ0v) is 12.7. The van der Waals surface area contributed by atoms with Gasteiger partial charge in [0.15, 0.2) is 0 Å². The van der Waals surface area contributed by atoms with E-state index in [2.05, 4.69) is 5.32 Å². The topological polar surface area (TPSA) is 92.6 Å². The summed E-state index contributed by atoms with van der Waals surface area (Å²) in [5.41, 5.74) is 0.509. The molecule has 0 aliphatic rings. The third kappa shape index (κ3) is 4.71. The Labute approximate surface area is 122 Å². The van der Waals surface area contributed by atoms with Gasteiger partial charge in [-0.25, -0.2) is 12.7 Å². The second-order valence-electron chi connectivity index (χ2n) is 4.31. The van der Waals surface area contributed by atoms with Crippen molar-refractivity contribution < 1.29 is 13.3 Å². The Hall–Kier alpha value is -1.22. The van der Waals surface area contributed by atoms with Gasteiger partial charge in [-0.15, -0.1) is 0 Å². The van der Waals surface area contributed by atoms with Gasteiger partial charge in [0.05, 0.1) is 10.7 Å². The maximum Gasteiger partial charge on any atom is 0.269 e. The standard InChI is InChI=1S/C11H16ClN3O4S/c1-14(2)20(18,19)6-5-13-8-9-7-10(15(16)17)3-4-11(9)12/h3-4,7,13H,5-6,8H2,1-2H3. The summed E-state index contributed by atoms with van der Waals surface area (Å²) in [4.78, 5) is 10.2. The molecule has 0 heterocycles. The van der Waals surface area contributed by atoms with Gasteiger partial charge in [-0.1, -0.05) is 11.6 Å². The average Bonchev–Trinajstić information content (AvgIpc) is 2.36. The first kappa shape index (κ1) is 16.8. The zero-order valence-electron chi connectivity index (χ0n) is 11.2. The van der Waals surface area contributed by atoms with Gasteiger partial charge in [0, 0.05) is 44.3 Å². The first-order chi connectivity index (χ1) is 9.24. The van der Waals surface area contributed by atoms with Crippen molar-refractivity contribution in [3.63, 3.8) is 0 Å². The highest BCUT2D eigenvalue weighted by Crippen LogP contribution is 2.21. The summed E-state index contributed by atoms with van der Waals surface area (Å²) in [6.07, 6.45) is 0. The van der Waals surface area contributed by atoms with Crippen LogP contribution in [0.2, 0.25) is 5.02 Å². The molecule has 0 bridgehead atoms. The number of nitrogens with zero attached hydrogens (tertiary/aromatic N) is 2. The van der Waals surface area contributed by atoms with E-state index in [1.54, 1.807) is 0 Å². The van der Waals surface area contributed by atoms with Crippen LogP contribution in [0.4, 0.5) is 5.69 Å². The summed E-state index contributed by atoms with van der Waals surface area (Å²) in [6.45, 7) is 0.503. The number of nitro groups is 1. The molecule has 0 aliphatic carbocycles. The van der Waals surface area contributed by atoms with E-state index in [1.807, 2.05) is 0 Å². The number of nitrogens with one attached hydrogen (secondary N) is 1. The van der Waals surface area contributed by atoms with Gasteiger partial charge in [0.1, 0.15) is 0 Å². The highest BCUT2D eigenvalue weighted by Gasteiger charge is 2.13. The average molecular weight is 322 g/mol. The van der Waals surface area contributed by atoms with E-state index < -0.39 is 14.9 Å². The molecule has 20 heavy (non-hydrogen) atoms. The number of benzene rings is 1. The molecule has 0 unspecified atom stereocenters. The number of rotatable bonds is 7. The van der Waals surface area contributed by atoms with E-state index in [4.69, 9.17) is 11.6 Å². The van der Waals surface area contributed by atoms with Crippen LogP contribution in [-0.4, -0.2) is 44.0 Å². The summed E-state index contributed by atoms with van der Waals surface area (Å²) >= 11 is 5.93. The smallest absolute Gasteiger partial charge is 0.269 e. The molecule has 1 aromatic rings. The molecule has 0 aromatic heterocycles. The van der Waals surface area contributed by atoms with Crippen LogP contribution in [0.1, 0.15) is 5.56 Å². The van der Waals surface area contributed by atoms with Gasteiger partial charge in [-0.3, -0.25) is 10.1 Å². The molecule has 9 heteroatoms. The summed E-state index contributed by atoms with van der Waals surface area (Å²) in [5, 5.41) is 14.0. The second kappa shape index (κ2) is 6.98. The zero-order chi connectivity index (χ0) is 15.3. The fraction of sp³-hybridized carbons (Fsp3) is 0.455. The monoisotopic (exact) mass is 321 g/mol. The largest absolute Gasteiger partial charge is 0.312 e. The minimum Gasteiger partial charge on any atom is -0.312 e. The maximum absolute atomic E-state index is 11.5. The van der Waals surface area contributed by atoms with Gasteiger partial charge in [-0.2, -0.15) is 0 Å². The van der Waals surface area contributed by atoms with Crippen LogP contribution in [-0.2, 0) is 16.6 Å². The molecule has 0 fully saturated rings. The third-order valence-electron chi connectivity index (χ3n) is 2.65. The molecule has 0 amide bonds. The Morgan fingerprint density at radius 1 is 1.40 bits per heavy atom. The Morgan fingerprint density at radius 3 is 2.60 bits per heavy atom. The summed E-state index contributed by atoms with van der Waals surface area (Å²) < 4.78 is 24.2. The SMILES string of the molecule is CN(C)S(=O)(=O)CCNCc1cc([N+](=O)[O-])ccc1Cl. The number of sulfonamides is 1. The Balaban J connectivity index is 2.59. The van der Waals surface area contributed by atoms with E-state index in [9.17, 15) is 18.5 Å². The van der Waals surface area contributed by atoms with E-state index in [0.29, 0.717) is 10.6 Å². The van der Waals surface area contributed by atoms with Crippen LogP contribution in [0.3, 0.4) is 0 Å². The van der Waals surface area contributed by atoms with Crippen LogP contribution in [0, 0.1) is 10.1 Å². The molecule has 0 saturated heterocycles. The molecule has 0 saturated carbocycles. The van der Waals surface area contributed by atoms with E-state index in [1.165, 1.54) is 32.3 Å². The lowest BCUT2D eigenvalue weighted by Crippen LogP contribution is -2.31. The highest BCUT2D eigenvalue weighted by atomic mass is 35.5. The van der Waals surface area contributed by atoms with E-state index in [-0.39, 0.29) is 24.5 Å². The number of nitro benzene ring substituents is 1. The first-order valence-electron chi connectivity index (χ1n) is 5.78. The Kier molecular flexibility index (Phi) is 5.88. The van der Waals surface area contributed by atoms with Gasteiger partial charge in [0.2, 0.25) is 10.0 Å². The van der Waals surface area contributed by atoms with Crippen LogP contribution in [0.5, 0.6) is 0 Å². The van der Waals surface area contributed by atoms with Crippen molar-refractivity contribution in [2.24, 2.45) is 0 Å². The first-order valence-corrected chi connectivity index (χ1v) is 7.76. The van der Waals surface area contributed by atoms with Crippen LogP contribution in [0.15, 0.2) is 18.2 Å². The van der Waals surface area contributed by atoms with E-state index >= 15 is 0 Å².